The fraction of sp³-hybridized carbons (Fsp3) is 0.0909. The van der Waals surface area contributed by atoms with Crippen LogP contribution in [0.2, 0.25) is 10.0 Å². The van der Waals surface area contributed by atoms with Crippen LogP contribution in [-0.4, -0.2) is 17.0 Å². The fourth-order valence-corrected chi connectivity index (χ4v) is 3.09. The lowest BCUT2D eigenvalue weighted by atomic mass is 10.1. The summed E-state index contributed by atoms with van der Waals surface area (Å²) in [6.45, 7) is 0.280. The number of nitro benzene ring substituents is 1. The minimum Gasteiger partial charge on any atom is -0.489 e. The molecule has 0 aliphatic carbocycles. The molecule has 0 bridgehead atoms. The Balaban J connectivity index is 1.52. The van der Waals surface area contributed by atoms with Crippen molar-refractivity contribution in [1.82, 2.24) is 5.43 Å². The first-order valence-electron chi connectivity index (χ1n) is 9.13. The Hall–Kier alpha value is -3.42. The summed E-state index contributed by atoms with van der Waals surface area (Å²) in [6.07, 6.45) is 1.55. The minimum absolute atomic E-state index is 0.0254. The molecule has 3 aromatic carbocycles. The maximum Gasteiger partial charge on any atom is 0.269 e. The number of nitrogens with one attached hydrogen (secondary N) is 1. The van der Waals surface area contributed by atoms with Crippen molar-refractivity contribution in [3.63, 3.8) is 0 Å². The molecule has 0 atom stereocenters. The van der Waals surface area contributed by atoms with Gasteiger partial charge in [-0.1, -0.05) is 53.5 Å². The van der Waals surface area contributed by atoms with E-state index in [1.165, 1.54) is 30.5 Å². The van der Waals surface area contributed by atoms with Gasteiger partial charge in [-0.25, -0.2) is 5.43 Å². The van der Waals surface area contributed by atoms with Crippen LogP contribution < -0.4 is 10.2 Å². The molecule has 9 heteroatoms. The van der Waals surface area contributed by atoms with Gasteiger partial charge in [-0.15, -0.1) is 0 Å². The van der Waals surface area contributed by atoms with Crippen LogP contribution in [0.3, 0.4) is 0 Å². The molecule has 0 saturated heterocycles. The van der Waals surface area contributed by atoms with Gasteiger partial charge in [0.05, 0.1) is 17.6 Å². The van der Waals surface area contributed by atoms with Crippen LogP contribution in [0.5, 0.6) is 5.75 Å². The molecule has 0 radical (unpaired) electrons. The summed E-state index contributed by atoms with van der Waals surface area (Å²) in [5.41, 5.74) is 4.60. The van der Waals surface area contributed by atoms with Crippen LogP contribution in [0.1, 0.15) is 16.7 Å². The van der Waals surface area contributed by atoms with E-state index in [4.69, 9.17) is 27.9 Å². The second kappa shape index (κ2) is 10.6. The zero-order chi connectivity index (χ0) is 22.2. The van der Waals surface area contributed by atoms with E-state index < -0.39 is 4.92 Å². The first kappa shape index (κ1) is 22.3. The highest BCUT2D eigenvalue weighted by molar-refractivity contribution is 6.35. The first-order chi connectivity index (χ1) is 14.9. The third kappa shape index (κ3) is 6.80. The number of carbonyl (C=O) groups excluding carboxylic acids is 1. The minimum atomic E-state index is -0.490. The van der Waals surface area contributed by atoms with E-state index in [0.717, 1.165) is 11.1 Å². The van der Waals surface area contributed by atoms with E-state index in [9.17, 15) is 14.9 Å². The summed E-state index contributed by atoms with van der Waals surface area (Å²) in [4.78, 5) is 22.2. The highest BCUT2D eigenvalue weighted by atomic mass is 35.5. The average Bonchev–Trinajstić information content (AvgIpc) is 2.74. The maximum absolute atomic E-state index is 12.0. The Morgan fingerprint density at radius 3 is 2.58 bits per heavy atom. The topological polar surface area (TPSA) is 93.8 Å². The molecule has 3 aromatic rings. The van der Waals surface area contributed by atoms with E-state index in [1.54, 1.807) is 36.4 Å². The Morgan fingerprint density at radius 2 is 1.87 bits per heavy atom. The predicted molar refractivity (Wildman–Crippen MR) is 120 cm³/mol. The number of nitrogens with zero attached hydrogens (tertiary/aromatic N) is 2. The van der Waals surface area contributed by atoms with E-state index in [0.29, 0.717) is 21.4 Å². The van der Waals surface area contributed by atoms with Gasteiger partial charge in [0.1, 0.15) is 12.4 Å². The number of amides is 1. The number of benzene rings is 3. The largest absolute Gasteiger partial charge is 0.489 e. The van der Waals surface area contributed by atoms with Gasteiger partial charge in [0, 0.05) is 27.7 Å². The van der Waals surface area contributed by atoms with Crippen molar-refractivity contribution in [2.24, 2.45) is 5.10 Å². The van der Waals surface area contributed by atoms with Crippen LogP contribution in [0.4, 0.5) is 5.69 Å². The number of rotatable bonds is 8. The van der Waals surface area contributed by atoms with Crippen LogP contribution in [0.15, 0.2) is 71.8 Å². The van der Waals surface area contributed by atoms with Crippen molar-refractivity contribution in [1.29, 1.82) is 0 Å². The zero-order valence-corrected chi connectivity index (χ0v) is 17.6. The van der Waals surface area contributed by atoms with Gasteiger partial charge in [-0.2, -0.15) is 5.10 Å². The number of ether oxygens (including phenoxy) is 1. The number of carbonyl (C=O) groups is 1. The molecule has 1 N–H and O–H groups in total. The Morgan fingerprint density at radius 1 is 1.10 bits per heavy atom. The number of non-ortho nitro benzene ring substituents is 1. The molecule has 0 saturated carbocycles. The lowest BCUT2D eigenvalue weighted by Crippen LogP contribution is -2.19. The van der Waals surface area contributed by atoms with E-state index in [1.807, 2.05) is 6.07 Å². The zero-order valence-electron chi connectivity index (χ0n) is 16.1. The highest BCUT2D eigenvalue weighted by Gasteiger charge is 2.07. The van der Waals surface area contributed by atoms with Gasteiger partial charge in [0.2, 0.25) is 5.91 Å². The number of hydrazone groups is 1. The Bertz CT molecular complexity index is 1120. The second-order valence-electron chi connectivity index (χ2n) is 6.49. The molecule has 0 spiro atoms. The Kier molecular flexibility index (Phi) is 7.59. The first-order valence-corrected chi connectivity index (χ1v) is 9.88. The fourth-order valence-electron chi connectivity index (χ4n) is 2.62. The monoisotopic (exact) mass is 457 g/mol. The number of hydrogen-bond acceptors (Lipinski definition) is 5. The quantitative estimate of drug-likeness (QED) is 0.286. The molecule has 1 amide bonds. The molecular weight excluding hydrogens is 441 g/mol. The van der Waals surface area contributed by atoms with Crippen LogP contribution in [-0.2, 0) is 17.8 Å². The summed E-state index contributed by atoms with van der Waals surface area (Å²) in [7, 11) is 0. The molecule has 3 rings (SSSR count). The van der Waals surface area contributed by atoms with Gasteiger partial charge < -0.3 is 4.74 Å². The molecule has 0 aromatic heterocycles. The predicted octanol–water partition coefficient (Wildman–Crippen LogP) is 5.17. The van der Waals surface area contributed by atoms with Crippen molar-refractivity contribution in [3.8, 4) is 5.75 Å². The van der Waals surface area contributed by atoms with Gasteiger partial charge in [-0.3, -0.25) is 14.9 Å². The molecule has 0 aliphatic heterocycles. The number of nitro groups is 1. The normalized spacial score (nSPS) is 10.8. The molecule has 0 aliphatic rings. The third-order valence-electron chi connectivity index (χ3n) is 4.18. The standard InChI is InChI=1S/C22H17Cl2N3O4/c23-18-7-6-17(21(24)12-18)14-31-20-3-1-2-16(10-20)13-25-26-22(28)11-15-4-8-19(9-5-15)27(29)30/h1-10,12-13H,11,14H2,(H,26,28)/b25-13-. The van der Waals surface area contributed by atoms with E-state index >= 15 is 0 Å². The lowest BCUT2D eigenvalue weighted by molar-refractivity contribution is -0.384. The molecule has 7 nitrogen and oxygen atoms in total. The van der Waals surface area contributed by atoms with Crippen molar-refractivity contribution >= 4 is 41.0 Å². The molecule has 0 fully saturated rings. The number of hydrogen-bond donors (Lipinski definition) is 1. The molecule has 0 unspecified atom stereocenters. The van der Waals surface area contributed by atoms with Crippen molar-refractivity contribution in [3.05, 3.63) is 104 Å². The second-order valence-corrected chi connectivity index (χ2v) is 7.33. The smallest absolute Gasteiger partial charge is 0.269 e. The van der Waals surface area contributed by atoms with Gasteiger partial charge in [-0.05, 0) is 35.4 Å². The van der Waals surface area contributed by atoms with Crippen LogP contribution >= 0.6 is 23.2 Å². The summed E-state index contributed by atoms with van der Waals surface area (Å²) < 4.78 is 5.76. The van der Waals surface area contributed by atoms with Gasteiger partial charge in [0.15, 0.2) is 0 Å². The molecule has 158 valence electrons. The summed E-state index contributed by atoms with van der Waals surface area (Å²) >= 11 is 12.0. The SMILES string of the molecule is O=C(Cc1ccc([N+](=O)[O-])cc1)N/N=C\c1cccc(OCc2ccc(Cl)cc2Cl)c1. The molecule has 31 heavy (non-hydrogen) atoms. The highest BCUT2D eigenvalue weighted by Crippen LogP contribution is 2.23. The summed E-state index contributed by atoms with van der Waals surface area (Å²) in [5.74, 6) is 0.280. The van der Waals surface area contributed by atoms with Crippen LogP contribution in [0.25, 0.3) is 0 Å². The van der Waals surface area contributed by atoms with Crippen molar-refractivity contribution in [2.45, 2.75) is 13.0 Å². The van der Waals surface area contributed by atoms with Gasteiger partial charge in [0.25, 0.3) is 5.69 Å². The van der Waals surface area contributed by atoms with E-state index in [2.05, 4.69) is 10.5 Å². The average molecular weight is 458 g/mol. The van der Waals surface area contributed by atoms with Crippen molar-refractivity contribution in [2.75, 3.05) is 0 Å². The molecular formula is C22H17Cl2N3O4. The van der Waals surface area contributed by atoms with Crippen molar-refractivity contribution < 1.29 is 14.5 Å². The Labute approximate surface area is 188 Å². The third-order valence-corrected chi connectivity index (χ3v) is 4.77. The number of halogens is 2. The van der Waals surface area contributed by atoms with Crippen LogP contribution in [0, 0.1) is 10.1 Å². The van der Waals surface area contributed by atoms with Gasteiger partial charge >= 0.3 is 0 Å². The lowest BCUT2D eigenvalue weighted by Gasteiger charge is -2.08. The maximum atomic E-state index is 12.0. The van der Waals surface area contributed by atoms with E-state index in [-0.39, 0.29) is 24.6 Å². The summed E-state index contributed by atoms with van der Waals surface area (Å²) in [6, 6.07) is 18.2. The molecule has 0 heterocycles. The summed E-state index contributed by atoms with van der Waals surface area (Å²) in [5, 5.41) is 15.7.